The van der Waals surface area contributed by atoms with Gasteiger partial charge in [-0.1, -0.05) is 46.9 Å². The highest BCUT2D eigenvalue weighted by molar-refractivity contribution is 6.39. The van der Waals surface area contributed by atoms with E-state index in [9.17, 15) is 4.79 Å². The molecule has 0 fully saturated rings. The molecule has 1 unspecified atom stereocenters. The van der Waals surface area contributed by atoms with Gasteiger partial charge < -0.3 is 5.73 Å². The summed E-state index contributed by atoms with van der Waals surface area (Å²) in [5.74, 6) is -0.545. The van der Waals surface area contributed by atoms with E-state index < -0.39 is 5.91 Å². The largest absolute Gasteiger partial charge is 0.364 e. The van der Waals surface area contributed by atoms with Crippen LogP contribution in [-0.2, 0) is 4.79 Å². The van der Waals surface area contributed by atoms with Crippen molar-refractivity contribution in [2.24, 2.45) is 10.8 Å². The molecule has 0 radical (unpaired) electrons. The van der Waals surface area contributed by atoms with Gasteiger partial charge in [0.05, 0.1) is 16.8 Å². The van der Waals surface area contributed by atoms with E-state index >= 15 is 0 Å². The molecule has 1 amide bonds. The second-order valence-electron chi connectivity index (χ2n) is 5.12. The number of hydrogen-bond donors (Lipinski definition) is 1. The highest BCUT2D eigenvalue weighted by atomic mass is 35.5. The minimum absolute atomic E-state index is 0. The number of primary amides is 1. The molecular weight excluding hydrogens is 392 g/mol. The fourth-order valence-electron chi connectivity index (χ4n) is 2.49. The molecule has 2 N–H and O–H groups in total. The minimum atomic E-state index is -0.545. The molecule has 1 aliphatic heterocycles. The summed E-state index contributed by atoms with van der Waals surface area (Å²) < 4.78 is 0. The number of hydrogen-bond acceptors (Lipinski definition) is 3. The van der Waals surface area contributed by atoms with Gasteiger partial charge in [0.1, 0.15) is 5.71 Å². The zero-order valence-corrected chi connectivity index (χ0v) is 15.3. The molecule has 24 heavy (non-hydrogen) atoms. The lowest BCUT2D eigenvalue weighted by Gasteiger charge is -2.25. The lowest BCUT2D eigenvalue weighted by Crippen LogP contribution is -2.22. The third-order valence-electron chi connectivity index (χ3n) is 3.61. The van der Waals surface area contributed by atoms with E-state index in [0.717, 1.165) is 5.56 Å². The number of amides is 1. The van der Waals surface area contributed by atoms with Crippen LogP contribution in [0.15, 0.2) is 47.6 Å². The van der Waals surface area contributed by atoms with Gasteiger partial charge in [0, 0.05) is 16.5 Å². The topological polar surface area (TPSA) is 58.7 Å². The summed E-state index contributed by atoms with van der Waals surface area (Å²) in [6, 6.07) is 12.3. The summed E-state index contributed by atoms with van der Waals surface area (Å²) in [6.45, 7) is 0. The predicted octanol–water partition coefficient (Wildman–Crippen LogP) is 4.86. The third-order valence-corrected chi connectivity index (χ3v) is 4.40. The van der Waals surface area contributed by atoms with E-state index in [-0.39, 0.29) is 18.4 Å². The van der Waals surface area contributed by atoms with Gasteiger partial charge in [0.15, 0.2) is 0 Å². The Bertz CT molecular complexity index is 792. The second kappa shape index (κ2) is 7.62. The van der Waals surface area contributed by atoms with Crippen LogP contribution < -0.4 is 10.7 Å². The Hall–Kier alpha value is -1.46. The van der Waals surface area contributed by atoms with Gasteiger partial charge in [-0.05, 0) is 35.9 Å². The number of carbonyl (C=O) groups excluding carboxylic acids is 1. The standard InChI is InChI=1S/C16H12Cl3N3O.ClH/c17-10-3-1-9(2-4-10)15-8-13(16(20)23)21-22(15)14-6-5-11(18)7-12(14)19;/h1-7,15H,8H2,(H2,20,23);1H. The van der Waals surface area contributed by atoms with Crippen molar-refractivity contribution < 1.29 is 4.79 Å². The molecule has 4 nitrogen and oxygen atoms in total. The first-order valence-electron chi connectivity index (χ1n) is 6.83. The summed E-state index contributed by atoms with van der Waals surface area (Å²) in [7, 11) is 0. The Balaban J connectivity index is 0.00000208. The number of nitrogens with two attached hydrogens (primary N) is 1. The molecule has 2 aromatic carbocycles. The van der Waals surface area contributed by atoms with Gasteiger partial charge in [0.2, 0.25) is 0 Å². The van der Waals surface area contributed by atoms with Crippen molar-refractivity contribution in [1.82, 2.24) is 0 Å². The van der Waals surface area contributed by atoms with Gasteiger partial charge in [-0.25, -0.2) is 0 Å². The van der Waals surface area contributed by atoms with Crippen molar-refractivity contribution >= 4 is 64.5 Å². The fraction of sp³-hybridized carbons (Fsp3) is 0.125. The van der Waals surface area contributed by atoms with Crippen LogP contribution in [0.3, 0.4) is 0 Å². The Morgan fingerprint density at radius 1 is 1.08 bits per heavy atom. The van der Waals surface area contributed by atoms with Gasteiger partial charge in [-0.15, -0.1) is 12.4 Å². The van der Waals surface area contributed by atoms with Crippen molar-refractivity contribution in [3.63, 3.8) is 0 Å². The quantitative estimate of drug-likeness (QED) is 0.793. The van der Waals surface area contributed by atoms with E-state index in [1.165, 1.54) is 0 Å². The van der Waals surface area contributed by atoms with E-state index in [2.05, 4.69) is 5.10 Å². The van der Waals surface area contributed by atoms with Gasteiger partial charge in [-0.3, -0.25) is 9.80 Å². The maximum atomic E-state index is 11.5. The van der Waals surface area contributed by atoms with Gasteiger partial charge >= 0.3 is 0 Å². The molecule has 8 heteroatoms. The van der Waals surface area contributed by atoms with Crippen LogP contribution in [-0.4, -0.2) is 11.6 Å². The van der Waals surface area contributed by atoms with E-state index in [1.807, 2.05) is 12.1 Å². The number of nitrogens with zero attached hydrogens (tertiary/aromatic N) is 2. The predicted molar refractivity (Wildman–Crippen MR) is 102 cm³/mol. The Kier molecular flexibility index (Phi) is 5.99. The summed E-state index contributed by atoms with van der Waals surface area (Å²) in [5, 5.41) is 7.66. The molecular formula is C16H13Cl4N3O. The molecule has 0 aliphatic carbocycles. The molecule has 3 rings (SSSR count). The first-order valence-corrected chi connectivity index (χ1v) is 7.96. The Morgan fingerprint density at radius 2 is 1.71 bits per heavy atom. The fourth-order valence-corrected chi connectivity index (χ4v) is 3.11. The van der Waals surface area contributed by atoms with Crippen LogP contribution in [0.5, 0.6) is 0 Å². The number of anilines is 1. The molecule has 0 saturated carbocycles. The maximum Gasteiger partial charge on any atom is 0.265 e. The normalized spacial score (nSPS) is 16.5. The monoisotopic (exact) mass is 403 g/mol. The zero-order valence-electron chi connectivity index (χ0n) is 12.2. The summed E-state index contributed by atoms with van der Waals surface area (Å²) >= 11 is 18.2. The van der Waals surface area contributed by atoms with Gasteiger partial charge in [-0.2, -0.15) is 5.10 Å². The molecule has 2 aromatic rings. The minimum Gasteiger partial charge on any atom is -0.364 e. The maximum absolute atomic E-state index is 11.5. The van der Waals surface area contributed by atoms with E-state index in [0.29, 0.717) is 32.9 Å². The van der Waals surface area contributed by atoms with Crippen molar-refractivity contribution in [1.29, 1.82) is 0 Å². The van der Waals surface area contributed by atoms with Crippen LogP contribution >= 0.6 is 47.2 Å². The van der Waals surface area contributed by atoms with Crippen LogP contribution in [0.1, 0.15) is 18.0 Å². The average Bonchev–Trinajstić information content (AvgIpc) is 2.93. The van der Waals surface area contributed by atoms with Crippen LogP contribution in [0.2, 0.25) is 15.1 Å². The number of rotatable bonds is 3. The Morgan fingerprint density at radius 3 is 2.29 bits per heavy atom. The van der Waals surface area contributed by atoms with Crippen LogP contribution in [0.4, 0.5) is 5.69 Å². The van der Waals surface area contributed by atoms with Crippen LogP contribution in [0.25, 0.3) is 0 Å². The molecule has 1 aliphatic rings. The number of halogens is 4. The molecule has 0 saturated heterocycles. The first kappa shape index (κ1) is 18.9. The second-order valence-corrected chi connectivity index (χ2v) is 6.40. The number of hydrazone groups is 1. The molecule has 0 bridgehead atoms. The van der Waals surface area contributed by atoms with Crippen molar-refractivity contribution in [2.45, 2.75) is 12.5 Å². The summed E-state index contributed by atoms with van der Waals surface area (Å²) in [5.41, 5.74) is 7.31. The molecule has 1 heterocycles. The van der Waals surface area contributed by atoms with E-state index in [1.54, 1.807) is 35.3 Å². The molecule has 0 spiro atoms. The summed E-state index contributed by atoms with van der Waals surface area (Å²) in [6.07, 6.45) is 0.399. The van der Waals surface area contributed by atoms with Gasteiger partial charge in [0.25, 0.3) is 5.91 Å². The van der Waals surface area contributed by atoms with Crippen molar-refractivity contribution in [3.05, 3.63) is 63.1 Å². The molecule has 1 atom stereocenters. The third kappa shape index (κ3) is 3.78. The lowest BCUT2D eigenvalue weighted by molar-refractivity contribution is -0.112. The highest BCUT2D eigenvalue weighted by Gasteiger charge is 2.32. The average molecular weight is 405 g/mol. The first-order chi connectivity index (χ1) is 11.0. The number of carbonyl (C=O) groups is 1. The lowest BCUT2D eigenvalue weighted by atomic mass is 10.0. The molecule has 0 aromatic heterocycles. The zero-order chi connectivity index (χ0) is 16.6. The summed E-state index contributed by atoms with van der Waals surface area (Å²) in [4.78, 5) is 11.5. The van der Waals surface area contributed by atoms with Crippen molar-refractivity contribution in [2.75, 3.05) is 5.01 Å². The molecule has 126 valence electrons. The SMILES string of the molecule is Cl.NC(=O)C1=NN(c2ccc(Cl)cc2Cl)C(c2ccc(Cl)cc2)C1. The highest BCUT2D eigenvalue weighted by Crippen LogP contribution is 2.39. The number of benzene rings is 2. The smallest absolute Gasteiger partial charge is 0.265 e. The van der Waals surface area contributed by atoms with Crippen LogP contribution in [0, 0.1) is 0 Å². The van der Waals surface area contributed by atoms with E-state index in [4.69, 9.17) is 40.5 Å². The Labute approximate surface area is 160 Å². The van der Waals surface area contributed by atoms with Crippen molar-refractivity contribution in [3.8, 4) is 0 Å².